The molecule has 0 unspecified atom stereocenters. The maximum absolute atomic E-state index is 6.61. The van der Waals surface area contributed by atoms with Gasteiger partial charge in [0.25, 0.3) is 0 Å². The fraction of sp³-hybridized carbons (Fsp3) is 0.185. The number of pyridine rings is 1. The molecule has 0 bridgehead atoms. The third-order valence-corrected chi connectivity index (χ3v) is 6.69. The van der Waals surface area contributed by atoms with Gasteiger partial charge in [-0.1, -0.05) is 29.3 Å². The smallest absolute Gasteiger partial charge is 0.174 e. The van der Waals surface area contributed by atoms with Crippen LogP contribution in [0.2, 0.25) is 10.0 Å². The number of aromatic nitrogens is 2. The molecule has 2 atom stereocenters. The van der Waals surface area contributed by atoms with E-state index in [0.717, 1.165) is 28.5 Å². The molecule has 3 heterocycles. The summed E-state index contributed by atoms with van der Waals surface area (Å²) in [5.41, 5.74) is 3.71. The van der Waals surface area contributed by atoms with Crippen molar-refractivity contribution in [2.45, 2.75) is 32.0 Å². The van der Waals surface area contributed by atoms with Crippen LogP contribution in [0.3, 0.4) is 0 Å². The number of hydrogen-bond donors (Lipinski definition) is 1. The van der Waals surface area contributed by atoms with Gasteiger partial charge in [0.15, 0.2) is 5.11 Å². The molecule has 5 rings (SSSR count). The van der Waals surface area contributed by atoms with Crippen LogP contribution in [0, 0.1) is 0 Å². The van der Waals surface area contributed by atoms with Gasteiger partial charge in [0, 0.05) is 28.8 Å². The predicted molar refractivity (Wildman–Crippen MR) is 146 cm³/mol. The van der Waals surface area contributed by atoms with Crippen molar-refractivity contribution in [1.82, 2.24) is 14.9 Å². The zero-order valence-corrected chi connectivity index (χ0v) is 21.6. The molecule has 8 heteroatoms. The Kier molecular flexibility index (Phi) is 6.69. The summed E-state index contributed by atoms with van der Waals surface area (Å²) in [6.45, 7) is 4.02. The first kappa shape index (κ1) is 23.7. The Morgan fingerprint density at radius 1 is 1.00 bits per heavy atom. The Balaban J connectivity index is 1.62. The minimum atomic E-state index is -0.184. The summed E-state index contributed by atoms with van der Waals surface area (Å²) in [5.74, 6) is 0.816. The monoisotopic (exact) mass is 522 g/mol. The minimum absolute atomic E-state index is 0.101. The Morgan fingerprint density at radius 3 is 2.49 bits per heavy atom. The second kappa shape index (κ2) is 9.90. The summed E-state index contributed by atoms with van der Waals surface area (Å²) in [6.07, 6.45) is 3.90. The first-order valence-corrected chi connectivity index (χ1v) is 12.5. The largest absolute Gasteiger partial charge is 0.491 e. The summed E-state index contributed by atoms with van der Waals surface area (Å²) >= 11 is 18.6. The lowest BCUT2D eigenvalue weighted by Crippen LogP contribution is -2.30. The number of halogens is 2. The number of anilines is 1. The molecule has 1 aliphatic rings. The first-order valence-electron chi connectivity index (χ1n) is 11.3. The van der Waals surface area contributed by atoms with Crippen molar-refractivity contribution in [3.05, 3.63) is 107 Å². The van der Waals surface area contributed by atoms with Gasteiger partial charge in [-0.25, -0.2) is 0 Å². The number of thiocarbonyl (C=S) groups is 1. The lowest BCUT2D eigenvalue weighted by Gasteiger charge is -2.29. The van der Waals surface area contributed by atoms with Gasteiger partial charge in [0.2, 0.25) is 0 Å². The molecular weight excluding hydrogens is 499 g/mol. The third kappa shape index (κ3) is 4.74. The van der Waals surface area contributed by atoms with Crippen molar-refractivity contribution in [3.8, 4) is 11.4 Å². The molecule has 0 saturated carbocycles. The van der Waals surface area contributed by atoms with Gasteiger partial charge in [0.1, 0.15) is 11.8 Å². The summed E-state index contributed by atoms with van der Waals surface area (Å²) < 4.78 is 7.92. The summed E-state index contributed by atoms with van der Waals surface area (Å²) in [7, 11) is 0. The maximum atomic E-state index is 6.61. The average Bonchev–Trinajstić information content (AvgIpc) is 3.44. The number of hydrogen-bond acceptors (Lipinski definition) is 3. The lowest BCUT2D eigenvalue weighted by molar-refractivity contribution is 0.242. The minimum Gasteiger partial charge on any atom is -0.491 e. The second-order valence-electron chi connectivity index (χ2n) is 8.56. The van der Waals surface area contributed by atoms with Crippen molar-refractivity contribution < 1.29 is 4.74 Å². The SMILES string of the molecule is CC(C)Oc1ccc(N2C(=S)N[C@H](c3ccccn3)[C@@H]2c2cccn2-c2ccc(Cl)cc2Cl)cc1. The third-order valence-electron chi connectivity index (χ3n) is 5.84. The van der Waals surface area contributed by atoms with Crippen LogP contribution in [-0.4, -0.2) is 20.8 Å². The molecule has 35 heavy (non-hydrogen) atoms. The highest BCUT2D eigenvalue weighted by molar-refractivity contribution is 7.80. The van der Waals surface area contributed by atoms with Crippen LogP contribution in [0.4, 0.5) is 5.69 Å². The summed E-state index contributed by atoms with van der Waals surface area (Å²) in [6, 6.07) is 23.2. The molecule has 178 valence electrons. The van der Waals surface area contributed by atoms with Gasteiger partial charge in [-0.05, 0) is 92.8 Å². The Bertz CT molecular complexity index is 1340. The fourth-order valence-corrected chi connectivity index (χ4v) is 5.27. The molecule has 0 radical (unpaired) electrons. The number of benzene rings is 2. The molecule has 0 amide bonds. The van der Waals surface area contributed by atoms with E-state index in [1.54, 1.807) is 12.3 Å². The standard InChI is InChI=1S/C27H24Cl2N4OS/c1-17(2)34-20-11-9-19(10-12-20)33-26(25(31-27(33)35)22-6-3-4-14-30-22)24-7-5-15-32(24)23-13-8-18(28)16-21(23)29/h3-17,25-26H,1-2H3,(H,31,35)/t25-,26+/m1/s1. The van der Waals surface area contributed by atoms with Gasteiger partial charge < -0.3 is 19.5 Å². The molecule has 4 aromatic rings. The Morgan fingerprint density at radius 2 is 1.80 bits per heavy atom. The molecule has 2 aromatic heterocycles. The van der Waals surface area contributed by atoms with Crippen LogP contribution in [-0.2, 0) is 0 Å². The van der Waals surface area contributed by atoms with Gasteiger partial charge in [-0.3, -0.25) is 4.98 Å². The van der Waals surface area contributed by atoms with Crippen molar-refractivity contribution in [2.24, 2.45) is 0 Å². The molecule has 1 saturated heterocycles. The van der Waals surface area contributed by atoms with Crippen LogP contribution < -0.4 is 15.0 Å². The van der Waals surface area contributed by atoms with E-state index in [0.29, 0.717) is 15.2 Å². The van der Waals surface area contributed by atoms with Gasteiger partial charge in [0.05, 0.1) is 28.5 Å². The van der Waals surface area contributed by atoms with E-state index in [9.17, 15) is 0 Å². The lowest BCUT2D eigenvalue weighted by atomic mass is 10.0. The van der Waals surface area contributed by atoms with Crippen molar-refractivity contribution in [3.63, 3.8) is 0 Å². The molecule has 1 N–H and O–H groups in total. The molecule has 0 spiro atoms. The molecule has 0 aliphatic carbocycles. The van der Waals surface area contributed by atoms with E-state index in [4.69, 9.17) is 40.2 Å². The highest BCUT2D eigenvalue weighted by Gasteiger charge is 2.42. The number of ether oxygens (including phenoxy) is 1. The zero-order chi connectivity index (χ0) is 24.5. The van der Waals surface area contributed by atoms with Crippen molar-refractivity contribution in [2.75, 3.05) is 4.90 Å². The van der Waals surface area contributed by atoms with Gasteiger partial charge in [-0.15, -0.1) is 0 Å². The van der Waals surface area contributed by atoms with Crippen LogP contribution >= 0.6 is 35.4 Å². The summed E-state index contributed by atoms with van der Waals surface area (Å²) in [5, 5.41) is 5.29. The van der Waals surface area contributed by atoms with Crippen LogP contribution in [0.5, 0.6) is 5.75 Å². The fourth-order valence-electron chi connectivity index (χ4n) is 4.42. The number of rotatable bonds is 6. The predicted octanol–water partition coefficient (Wildman–Crippen LogP) is 7.14. The second-order valence-corrected chi connectivity index (χ2v) is 9.79. The van der Waals surface area contributed by atoms with Crippen LogP contribution in [0.25, 0.3) is 5.69 Å². The number of nitrogens with one attached hydrogen (secondary N) is 1. The van der Waals surface area contributed by atoms with E-state index in [1.807, 2.05) is 80.7 Å². The highest BCUT2D eigenvalue weighted by atomic mass is 35.5. The number of nitrogens with zero attached hydrogens (tertiary/aromatic N) is 3. The van der Waals surface area contributed by atoms with E-state index in [-0.39, 0.29) is 18.2 Å². The van der Waals surface area contributed by atoms with E-state index >= 15 is 0 Å². The molecule has 1 aliphatic heterocycles. The maximum Gasteiger partial charge on any atom is 0.174 e. The van der Waals surface area contributed by atoms with E-state index in [2.05, 4.69) is 25.8 Å². The topological polar surface area (TPSA) is 42.3 Å². The van der Waals surface area contributed by atoms with Crippen molar-refractivity contribution >= 4 is 46.2 Å². The first-order chi connectivity index (χ1) is 16.9. The molecule has 1 fully saturated rings. The van der Waals surface area contributed by atoms with Crippen LogP contribution in [0.15, 0.2) is 85.2 Å². The highest BCUT2D eigenvalue weighted by Crippen LogP contribution is 2.43. The molecule has 2 aromatic carbocycles. The Labute approximate surface area is 220 Å². The summed E-state index contributed by atoms with van der Waals surface area (Å²) in [4.78, 5) is 6.77. The van der Waals surface area contributed by atoms with E-state index < -0.39 is 0 Å². The molecule has 5 nitrogen and oxygen atoms in total. The van der Waals surface area contributed by atoms with Gasteiger partial charge in [-0.2, -0.15) is 0 Å². The van der Waals surface area contributed by atoms with E-state index in [1.165, 1.54) is 0 Å². The Hall–Kier alpha value is -3.06. The zero-order valence-electron chi connectivity index (χ0n) is 19.2. The quantitative estimate of drug-likeness (QED) is 0.272. The van der Waals surface area contributed by atoms with Crippen molar-refractivity contribution in [1.29, 1.82) is 0 Å². The van der Waals surface area contributed by atoms with Crippen LogP contribution in [0.1, 0.15) is 37.3 Å². The molecular formula is C27H24Cl2N4OS. The average molecular weight is 523 g/mol. The van der Waals surface area contributed by atoms with Gasteiger partial charge >= 0.3 is 0 Å². The normalized spacial score (nSPS) is 17.6.